The van der Waals surface area contributed by atoms with Crippen molar-refractivity contribution < 1.29 is 0 Å². The molecule has 0 amide bonds. The lowest BCUT2D eigenvalue weighted by molar-refractivity contribution is 0.207. The van der Waals surface area contributed by atoms with Gasteiger partial charge < -0.3 is 10.2 Å². The summed E-state index contributed by atoms with van der Waals surface area (Å²) in [5.74, 6) is 0. The van der Waals surface area contributed by atoms with E-state index < -0.39 is 0 Å². The lowest BCUT2D eigenvalue weighted by Gasteiger charge is -2.28. The molecule has 1 fully saturated rings. The topological polar surface area (TPSA) is 18.5 Å². The fourth-order valence-electron chi connectivity index (χ4n) is 2.72. The Morgan fingerprint density at radius 2 is 2.06 bits per heavy atom. The molecule has 102 valence electrons. The monoisotopic (exact) mass is 241 g/mol. The highest BCUT2D eigenvalue weighted by molar-refractivity contribution is 4.85. The molecule has 1 rings (SSSR count). The average molecular weight is 241 g/mol. The van der Waals surface area contributed by atoms with Crippen LogP contribution in [0.2, 0.25) is 0 Å². The standard InChI is InChI=1S/C14H31N3/c1-6-8-15-12(2)10-13(3)17-9-7-14(11-17)16(4)5/h12-15H,6-11H2,1-5H3. The molecule has 0 aliphatic carbocycles. The van der Waals surface area contributed by atoms with E-state index in [-0.39, 0.29) is 0 Å². The second-order valence-electron chi connectivity index (χ2n) is 5.84. The summed E-state index contributed by atoms with van der Waals surface area (Å²) < 4.78 is 0. The van der Waals surface area contributed by atoms with Crippen LogP contribution in [0.1, 0.15) is 40.0 Å². The Bertz CT molecular complexity index is 206. The maximum Gasteiger partial charge on any atom is 0.0229 e. The summed E-state index contributed by atoms with van der Waals surface area (Å²) >= 11 is 0. The maximum absolute atomic E-state index is 3.58. The molecule has 0 aromatic heterocycles. The van der Waals surface area contributed by atoms with Crippen molar-refractivity contribution in [1.29, 1.82) is 0 Å². The van der Waals surface area contributed by atoms with Gasteiger partial charge in [0, 0.05) is 31.2 Å². The fraction of sp³-hybridized carbons (Fsp3) is 1.00. The number of nitrogens with one attached hydrogen (secondary N) is 1. The van der Waals surface area contributed by atoms with Gasteiger partial charge in [-0.3, -0.25) is 4.90 Å². The van der Waals surface area contributed by atoms with Crippen molar-refractivity contribution in [3.05, 3.63) is 0 Å². The minimum Gasteiger partial charge on any atom is -0.314 e. The molecular weight excluding hydrogens is 210 g/mol. The van der Waals surface area contributed by atoms with E-state index in [4.69, 9.17) is 0 Å². The Labute approximate surface area is 108 Å². The van der Waals surface area contributed by atoms with Crippen LogP contribution < -0.4 is 5.32 Å². The second kappa shape index (κ2) is 7.34. The quantitative estimate of drug-likeness (QED) is 0.733. The van der Waals surface area contributed by atoms with Gasteiger partial charge in [-0.15, -0.1) is 0 Å². The molecule has 0 aromatic carbocycles. The number of hydrogen-bond acceptors (Lipinski definition) is 3. The minimum atomic E-state index is 0.642. The Kier molecular flexibility index (Phi) is 6.45. The third-order valence-electron chi connectivity index (χ3n) is 3.99. The first-order valence-electron chi connectivity index (χ1n) is 7.18. The summed E-state index contributed by atoms with van der Waals surface area (Å²) in [6.07, 6.45) is 3.82. The van der Waals surface area contributed by atoms with E-state index in [9.17, 15) is 0 Å². The Morgan fingerprint density at radius 1 is 1.35 bits per heavy atom. The van der Waals surface area contributed by atoms with E-state index in [0.717, 1.165) is 12.6 Å². The highest BCUT2D eigenvalue weighted by Gasteiger charge is 2.27. The van der Waals surface area contributed by atoms with Gasteiger partial charge in [0.2, 0.25) is 0 Å². The van der Waals surface area contributed by atoms with E-state index in [0.29, 0.717) is 12.1 Å². The number of likely N-dealkylation sites (tertiary alicyclic amines) is 1. The van der Waals surface area contributed by atoms with Crippen molar-refractivity contribution in [3.8, 4) is 0 Å². The van der Waals surface area contributed by atoms with Crippen molar-refractivity contribution in [1.82, 2.24) is 15.1 Å². The van der Waals surface area contributed by atoms with E-state index in [2.05, 4.69) is 50.0 Å². The van der Waals surface area contributed by atoms with Gasteiger partial charge in [0.05, 0.1) is 0 Å². The highest BCUT2D eigenvalue weighted by Crippen LogP contribution is 2.18. The predicted molar refractivity (Wildman–Crippen MR) is 75.5 cm³/mol. The number of likely N-dealkylation sites (N-methyl/N-ethyl adjacent to an activating group) is 1. The van der Waals surface area contributed by atoms with Crippen molar-refractivity contribution in [2.45, 2.75) is 58.2 Å². The van der Waals surface area contributed by atoms with Crippen molar-refractivity contribution in [2.24, 2.45) is 0 Å². The lowest BCUT2D eigenvalue weighted by atomic mass is 10.1. The molecule has 1 saturated heterocycles. The van der Waals surface area contributed by atoms with Gasteiger partial charge in [-0.25, -0.2) is 0 Å². The lowest BCUT2D eigenvalue weighted by Crippen LogP contribution is -2.39. The smallest absolute Gasteiger partial charge is 0.0229 e. The van der Waals surface area contributed by atoms with E-state index in [1.165, 1.54) is 32.4 Å². The molecule has 3 unspecified atom stereocenters. The fourth-order valence-corrected chi connectivity index (χ4v) is 2.72. The molecule has 0 saturated carbocycles. The minimum absolute atomic E-state index is 0.642. The van der Waals surface area contributed by atoms with Gasteiger partial charge in [0.15, 0.2) is 0 Å². The molecule has 3 heteroatoms. The molecule has 3 nitrogen and oxygen atoms in total. The summed E-state index contributed by atoms with van der Waals surface area (Å²) in [4.78, 5) is 5.01. The van der Waals surface area contributed by atoms with Crippen LogP contribution in [0.4, 0.5) is 0 Å². The van der Waals surface area contributed by atoms with Crippen LogP contribution in [0.5, 0.6) is 0 Å². The van der Waals surface area contributed by atoms with Crippen LogP contribution >= 0.6 is 0 Å². The Morgan fingerprint density at radius 3 is 2.59 bits per heavy atom. The summed E-state index contributed by atoms with van der Waals surface area (Å²) in [6.45, 7) is 10.6. The summed E-state index contributed by atoms with van der Waals surface area (Å²) in [5, 5.41) is 3.58. The van der Waals surface area contributed by atoms with Crippen LogP contribution in [0, 0.1) is 0 Å². The number of nitrogens with zero attached hydrogens (tertiary/aromatic N) is 2. The first kappa shape index (κ1) is 14.9. The number of rotatable bonds is 7. The van der Waals surface area contributed by atoms with E-state index in [1.807, 2.05) is 0 Å². The van der Waals surface area contributed by atoms with Gasteiger partial charge in [0.1, 0.15) is 0 Å². The van der Waals surface area contributed by atoms with Gasteiger partial charge in [-0.05, 0) is 53.8 Å². The van der Waals surface area contributed by atoms with Crippen LogP contribution in [0.15, 0.2) is 0 Å². The summed E-state index contributed by atoms with van der Waals surface area (Å²) in [7, 11) is 4.40. The van der Waals surface area contributed by atoms with Crippen LogP contribution in [0.25, 0.3) is 0 Å². The van der Waals surface area contributed by atoms with Crippen LogP contribution in [-0.4, -0.2) is 61.7 Å². The molecule has 0 bridgehead atoms. The van der Waals surface area contributed by atoms with Crippen LogP contribution in [-0.2, 0) is 0 Å². The normalized spacial score (nSPS) is 25.4. The third kappa shape index (κ3) is 4.94. The largest absolute Gasteiger partial charge is 0.314 e. The van der Waals surface area contributed by atoms with Crippen molar-refractivity contribution in [3.63, 3.8) is 0 Å². The molecule has 3 atom stereocenters. The van der Waals surface area contributed by atoms with Crippen molar-refractivity contribution >= 4 is 0 Å². The predicted octanol–water partition coefficient (Wildman–Crippen LogP) is 1.79. The van der Waals surface area contributed by atoms with Gasteiger partial charge in [-0.2, -0.15) is 0 Å². The van der Waals surface area contributed by atoms with Crippen molar-refractivity contribution in [2.75, 3.05) is 33.7 Å². The number of hydrogen-bond donors (Lipinski definition) is 1. The first-order chi connectivity index (χ1) is 8.04. The third-order valence-corrected chi connectivity index (χ3v) is 3.99. The van der Waals surface area contributed by atoms with E-state index >= 15 is 0 Å². The molecular formula is C14H31N3. The summed E-state index contributed by atoms with van der Waals surface area (Å²) in [6, 6.07) is 2.11. The first-order valence-corrected chi connectivity index (χ1v) is 7.18. The molecule has 1 aliphatic heterocycles. The molecule has 17 heavy (non-hydrogen) atoms. The Balaban J connectivity index is 2.26. The SMILES string of the molecule is CCCNC(C)CC(C)N1CCC(N(C)C)C1. The zero-order chi connectivity index (χ0) is 12.8. The summed E-state index contributed by atoms with van der Waals surface area (Å²) in [5.41, 5.74) is 0. The maximum atomic E-state index is 3.58. The van der Waals surface area contributed by atoms with Crippen LogP contribution in [0.3, 0.4) is 0 Å². The molecule has 1 aliphatic rings. The molecule has 0 spiro atoms. The average Bonchev–Trinajstić information content (AvgIpc) is 2.75. The zero-order valence-electron chi connectivity index (χ0n) is 12.4. The molecule has 0 radical (unpaired) electrons. The zero-order valence-corrected chi connectivity index (χ0v) is 12.4. The van der Waals surface area contributed by atoms with Gasteiger partial charge >= 0.3 is 0 Å². The van der Waals surface area contributed by atoms with E-state index in [1.54, 1.807) is 0 Å². The molecule has 1 heterocycles. The second-order valence-corrected chi connectivity index (χ2v) is 5.84. The Hall–Kier alpha value is -0.120. The van der Waals surface area contributed by atoms with Gasteiger partial charge in [0.25, 0.3) is 0 Å². The highest BCUT2D eigenvalue weighted by atomic mass is 15.2. The molecule has 0 aromatic rings. The molecule has 1 N–H and O–H groups in total. The van der Waals surface area contributed by atoms with Gasteiger partial charge in [-0.1, -0.05) is 6.92 Å².